The summed E-state index contributed by atoms with van der Waals surface area (Å²) in [6.45, 7) is 15.5. The van der Waals surface area contributed by atoms with Crippen LogP contribution < -0.4 is 5.09 Å². The van der Waals surface area contributed by atoms with Crippen LogP contribution in [0.25, 0.3) is 0 Å². The van der Waals surface area contributed by atoms with E-state index in [1.165, 1.54) is 5.56 Å². The topological polar surface area (TPSA) is 12.0 Å². The quantitative estimate of drug-likeness (QED) is 0.774. The van der Waals surface area contributed by atoms with Gasteiger partial charge in [-0.1, -0.05) is 71.9 Å². The first-order valence-electron chi connectivity index (χ1n) is 6.79. The minimum Gasteiger partial charge on any atom is -0.290 e. The number of hydrogen-bond donors (Lipinski definition) is 1. The van der Waals surface area contributed by atoms with Gasteiger partial charge in [0.2, 0.25) is 0 Å². The Morgan fingerprint density at radius 2 is 1.39 bits per heavy atom. The summed E-state index contributed by atoms with van der Waals surface area (Å²) in [5, 5.41) is 4.64. The van der Waals surface area contributed by atoms with Crippen LogP contribution in [0.3, 0.4) is 0 Å². The fourth-order valence-corrected chi connectivity index (χ4v) is 7.15. The maximum absolute atomic E-state index is 3.84. The second-order valence-electron chi connectivity index (χ2n) is 6.90. The molecule has 0 aliphatic carbocycles. The molecule has 0 unspecified atom stereocenters. The van der Waals surface area contributed by atoms with Crippen molar-refractivity contribution < 1.29 is 0 Å². The van der Waals surface area contributed by atoms with E-state index < -0.39 is 0 Å². The summed E-state index contributed by atoms with van der Waals surface area (Å²) < 4.78 is 0. The largest absolute Gasteiger partial charge is 0.290 e. The summed E-state index contributed by atoms with van der Waals surface area (Å²) in [6, 6.07) is 10.7. The van der Waals surface area contributed by atoms with Gasteiger partial charge in [-0.2, -0.15) is 0 Å². The molecule has 0 spiro atoms. The molecule has 0 aromatic heterocycles. The van der Waals surface area contributed by atoms with E-state index in [9.17, 15) is 0 Å². The van der Waals surface area contributed by atoms with Crippen LogP contribution in [-0.4, -0.2) is 10.3 Å². The van der Waals surface area contributed by atoms with Gasteiger partial charge in [0.05, 0.1) is 0 Å². The van der Waals surface area contributed by atoms with Gasteiger partial charge in [0.15, 0.2) is 0 Å². The summed E-state index contributed by atoms with van der Waals surface area (Å²) in [6.07, 6.45) is 0. The highest BCUT2D eigenvalue weighted by atomic mass is 31.1. The molecule has 1 fully saturated rings. The lowest BCUT2D eigenvalue weighted by Crippen LogP contribution is -2.65. The molecule has 2 rings (SSSR count). The highest BCUT2D eigenvalue weighted by molar-refractivity contribution is 7.61. The second-order valence-corrected chi connectivity index (χ2v) is 10.1. The molecule has 0 saturated carbocycles. The molecular weight excluding hydrogens is 237 g/mol. The minimum absolute atomic E-state index is 0.146. The van der Waals surface area contributed by atoms with Crippen LogP contribution in [0.15, 0.2) is 30.3 Å². The molecule has 1 saturated heterocycles. The lowest BCUT2D eigenvalue weighted by molar-refractivity contribution is 0.154. The van der Waals surface area contributed by atoms with Crippen molar-refractivity contribution in [3.63, 3.8) is 0 Å². The van der Waals surface area contributed by atoms with Crippen LogP contribution in [0.1, 0.15) is 47.1 Å². The van der Waals surface area contributed by atoms with Gasteiger partial charge in [-0.05, 0) is 19.1 Å². The van der Waals surface area contributed by atoms with Crippen LogP contribution in [-0.2, 0) is 6.54 Å². The number of rotatable bonds is 3. The van der Waals surface area contributed by atoms with Crippen molar-refractivity contribution in [2.75, 3.05) is 0 Å². The van der Waals surface area contributed by atoms with Gasteiger partial charge in [0.25, 0.3) is 0 Å². The Bertz CT molecular complexity index is 402. The average Bonchev–Trinajstić information content (AvgIpc) is 2.29. The van der Waals surface area contributed by atoms with E-state index in [1.54, 1.807) is 0 Å². The van der Waals surface area contributed by atoms with Crippen molar-refractivity contribution in [3.05, 3.63) is 35.9 Å². The van der Waals surface area contributed by atoms with Gasteiger partial charge >= 0.3 is 0 Å². The third-order valence-electron chi connectivity index (χ3n) is 5.46. The normalized spacial score (nSPS) is 24.6. The van der Waals surface area contributed by atoms with Gasteiger partial charge in [0.1, 0.15) is 0 Å². The van der Waals surface area contributed by atoms with E-state index in [0.717, 1.165) is 6.54 Å². The van der Waals surface area contributed by atoms with Crippen molar-refractivity contribution >= 4 is 8.07 Å². The Morgan fingerprint density at radius 1 is 0.889 bits per heavy atom. The number of nitrogens with one attached hydrogen (secondary N) is 1. The Hall–Kier alpha value is -0.390. The Labute approximate surface area is 113 Å². The Balaban J connectivity index is 2.07. The van der Waals surface area contributed by atoms with Gasteiger partial charge in [0, 0.05) is 16.9 Å². The van der Waals surface area contributed by atoms with Crippen LogP contribution in [0.4, 0.5) is 0 Å². The van der Waals surface area contributed by atoms with Crippen molar-refractivity contribution in [2.24, 2.45) is 5.41 Å². The fraction of sp³-hybridized carbons (Fsp3) is 0.625. The SMILES string of the molecule is CC1(C)P(NCc2ccccc2)C(C)(C)C1(C)C. The molecule has 1 N–H and O–H groups in total. The van der Waals surface area contributed by atoms with Crippen molar-refractivity contribution in [1.82, 2.24) is 5.09 Å². The van der Waals surface area contributed by atoms with E-state index in [4.69, 9.17) is 0 Å². The number of benzene rings is 1. The van der Waals surface area contributed by atoms with E-state index in [-0.39, 0.29) is 8.07 Å². The maximum atomic E-state index is 3.84. The molecule has 1 aromatic rings. The molecule has 1 aliphatic rings. The fourth-order valence-electron chi connectivity index (χ4n) is 3.11. The Morgan fingerprint density at radius 3 is 1.89 bits per heavy atom. The van der Waals surface area contributed by atoms with E-state index in [2.05, 4.69) is 77.0 Å². The molecule has 1 aromatic carbocycles. The monoisotopic (exact) mass is 263 g/mol. The van der Waals surface area contributed by atoms with Gasteiger partial charge in [-0.25, -0.2) is 0 Å². The smallest absolute Gasteiger partial charge is 0.0242 e. The van der Waals surface area contributed by atoms with Gasteiger partial charge in [-0.3, -0.25) is 5.09 Å². The predicted molar refractivity (Wildman–Crippen MR) is 82.1 cm³/mol. The van der Waals surface area contributed by atoms with Crippen LogP contribution in [0, 0.1) is 5.41 Å². The predicted octanol–water partition coefficient (Wildman–Crippen LogP) is 4.77. The average molecular weight is 263 g/mol. The first-order valence-corrected chi connectivity index (χ1v) is 8.13. The zero-order chi connectivity index (χ0) is 13.6. The van der Waals surface area contributed by atoms with E-state index in [1.807, 2.05) is 0 Å². The third-order valence-corrected chi connectivity index (χ3v) is 9.29. The maximum Gasteiger partial charge on any atom is 0.0242 e. The molecule has 1 nitrogen and oxygen atoms in total. The van der Waals surface area contributed by atoms with Crippen molar-refractivity contribution in [2.45, 2.75) is 58.4 Å². The molecule has 0 bridgehead atoms. The molecule has 1 aliphatic heterocycles. The first kappa shape index (κ1) is 14.0. The highest BCUT2D eigenvalue weighted by Gasteiger charge is 2.66. The Kier molecular flexibility index (Phi) is 3.37. The van der Waals surface area contributed by atoms with Crippen LogP contribution in [0.5, 0.6) is 0 Å². The van der Waals surface area contributed by atoms with Gasteiger partial charge in [-0.15, -0.1) is 0 Å². The summed E-state index contributed by atoms with van der Waals surface area (Å²) in [5.74, 6) is 0. The number of hydrogen-bond acceptors (Lipinski definition) is 1. The zero-order valence-electron chi connectivity index (χ0n) is 12.5. The van der Waals surface area contributed by atoms with E-state index in [0.29, 0.717) is 15.7 Å². The molecule has 100 valence electrons. The van der Waals surface area contributed by atoms with Crippen LogP contribution in [0.2, 0.25) is 0 Å². The first-order chi connectivity index (χ1) is 8.21. The lowest BCUT2D eigenvalue weighted by Gasteiger charge is -2.70. The second kappa shape index (κ2) is 4.32. The summed E-state index contributed by atoms with van der Waals surface area (Å²) in [4.78, 5) is 0. The standard InChI is InChI=1S/C16H26NP/c1-14(2)15(3,4)18(16(14,5)6)17-12-13-10-8-7-9-11-13/h7-11,17H,12H2,1-6H3. The molecule has 18 heavy (non-hydrogen) atoms. The summed E-state index contributed by atoms with van der Waals surface area (Å²) in [5.41, 5.74) is 1.78. The minimum atomic E-state index is -0.146. The molecule has 2 heteroatoms. The summed E-state index contributed by atoms with van der Waals surface area (Å²) in [7, 11) is -0.146. The molecule has 0 amide bonds. The van der Waals surface area contributed by atoms with Crippen molar-refractivity contribution in [3.8, 4) is 0 Å². The van der Waals surface area contributed by atoms with E-state index >= 15 is 0 Å². The lowest BCUT2D eigenvalue weighted by atomic mass is 9.69. The van der Waals surface area contributed by atoms with Gasteiger partial charge < -0.3 is 0 Å². The molecule has 0 atom stereocenters. The molecule has 0 radical (unpaired) electrons. The third kappa shape index (κ3) is 1.84. The van der Waals surface area contributed by atoms with Crippen molar-refractivity contribution in [1.29, 1.82) is 0 Å². The summed E-state index contributed by atoms with van der Waals surface area (Å²) >= 11 is 0. The molecule has 1 heterocycles. The zero-order valence-corrected chi connectivity index (χ0v) is 13.4. The molecular formula is C16H26NP. The highest BCUT2D eigenvalue weighted by Crippen LogP contribution is 2.79. The van der Waals surface area contributed by atoms with Crippen LogP contribution >= 0.6 is 8.07 Å².